The summed E-state index contributed by atoms with van der Waals surface area (Å²) in [5.41, 5.74) is 0. The molecule has 1 saturated heterocycles. The Labute approximate surface area is 69.6 Å². The summed E-state index contributed by atoms with van der Waals surface area (Å²) in [6.07, 6.45) is -1.01. The summed E-state index contributed by atoms with van der Waals surface area (Å²) in [5, 5.41) is 7.88. The average Bonchev–Trinajstić information content (AvgIpc) is 2.57. The molecule has 0 radical (unpaired) electrons. The predicted molar refractivity (Wildman–Crippen MR) is 38.5 cm³/mol. The lowest BCUT2D eigenvalue weighted by Gasteiger charge is -1.90. The van der Waals surface area contributed by atoms with E-state index in [1.165, 1.54) is 0 Å². The minimum absolute atomic E-state index is 0.229. The average molecular weight is 182 g/mol. The predicted octanol–water partition coefficient (Wildman–Crippen LogP) is 1.49. The lowest BCUT2D eigenvalue weighted by molar-refractivity contribution is 0.140. The van der Waals surface area contributed by atoms with Crippen LogP contribution in [0.25, 0.3) is 0 Å². The van der Waals surface area contributed by atoms with Crippen molar-refractivity contribution >= 4 is 0 Å². The summed E-state index contributed by atoms with van der Waals surface area (Å²) in [4.78, 5) is 0. The van der Waals surface area contributed by atoms with Gasteiger partial charge in [0.15, 0.2) is 0 Å². The van der Waals surface area contributed by atoms with Crippen LogP contribution in [-0.4, -0.2) is 24.9 Å². The van der Waals surface area contributed by atoms with E-state index in [9.17, 15) is 8.78 Å². The van der Waals surface area contributed by atoms with Crippen molar-refractivity contribution in [2.75, 3.05) is 19.8 Å². The number of rotatable bonds is 1. The van der Waals surface area contributed by atoms with Gasteiger partial charge >= 0.3 is 12.0 Å². The van der Waals surface area contributed by atoms with E-state index in [2.05, 4.69) is 9.47 Å². The zero-order valence-electron chi connectivity index (χ0n) is 6.85. The van der Waals surface area contributed by atoms with Crippen LogP contribution in [0.1, 0.15) is 13.3 Å². The van der Waals surface area contributed by atoms with Gasteiger partial charge < -0.3 is 14.6 Å². The molecule has 1 N–H and O–H groups in total. The fourth-order valence-corrected chi connectivity index (χ4v) is 0.420. The fraction of sp³-hybridized carbons (Fsp3) is 0.714. The minimum Gasteiger partial charge on any atom is -0.458 e. The molecule has 1 rings (SSSR count). The van der Waals surface area contributed by atoms with Crippen LogP contribution in [-0.2, 0) is 9.47 Å². The molecule has 0 aliphatic carbocycles. The zero-order valence-corrected chi connectivity index (χ0v) is 6.85. The Kier molecular flexibility index (Phi) is 6.37. The van der Waals surface area contributed by atoms with E-state index >= 15 is 0 Å². The lowest BCUT2D eigenvalue weighted by Crippen LogP contribution is -1.80. The Morgan fingerprint density at radius 1 is 1.42 bits per heavy atom. The molecule has 0 spiro atoms. The minimum atomic E-state index is -1.89. The summed E-state index contributed by atoms with van der Waals surface area (Å²) in [7, 11) is 0. The second kappa shape index (κ2) is 6.84. The van der Waals surface area contributed by atoms with Gasteiger partial charge in [-0.15, -0.1) is 0 Å². The summed E-state index contributed by atoms with van der Waals surface area (Å²) in [6.45, 7) is 2.71. The zero-order chi connectivity index (χ0) is 9.40. The van der Waals surface area contributed by atoms with Gasteiger partial charge in [-0.25, -0.2) is 0 Å². The topological polar surface area (TPSA) is 38.7 Å². The van der Waals surface area contributed by atoms with E-state index in [0.717, 1.165) is 6.42 Å². The highest BCUT2D eigenvalue weighted by atomic mass is 19.3. The Morgan fingerprint density at radius 2 is 1.83 bits per heavy atom. The molecule has 0 aromatic rings. The van der Waals surface area contributed by atoms with E-state index in [1.807, 2.05) is 6.92 Å². The van der Waals surface area contributed by atoms with Crippen LogP contribution in [0.15, 0.2) is 12.0 Å². The van der Waals surface area contributed by atoms with E-state index in [1.54, 1.807) is 0 Å². The van der Waals surface area contributed by atoms with Crippen LogP contribution < -0.4 is 0 Å². The molecular weight excluding hydrogens is 170 g/mol. The molecule has 5 heteroatoms. The number of ether oxygens (including phenoxy) is 2. The molecular formula is C7H12F2O3. The Hall–Kier alpha value is -0.840. The summed E-state index contributed by atoms with van der Waals surface area (Å²) in [6, 6.07) is 0. The van der Waals surface area contributed by atoms with Gasteiger partial charge in [0.05, 0.1) is 0 Å². The van der Waals surface area contributed by atoms with Gasteiger partial charge in [-0.1, -0.05) is 6.92 Å². The molecule has 1 aliphatic rings. The van der Waals surface area contributed by atoms with Gasteiger partial charge in [0.1, 0.15) is 13.2 Å². The molecule has 0 bridgehead atoms. The Bertz CT molecular complexity index is 134. The highest BCUT2D eigenvalue weighted by Crippen LogP contribution is 2.14. The molecule has 1 heterocycles. The molecule has 12 heavy (non-hydrogen) atoms. The standard InChI is InChI=1S/C4H4F2O2.C3H8O/c5-3(6)4-7-1-2-8-4;1-2-3-4/h1-2H2;4H,2-3H2,1H3. The second-order valence-electron chi connectivity index (χ2n) is 1.97. The lowest BCUT2D eigenvalue weighted by atomic mass is 10.5. The molecule has 72 valence electrons. The van der Waals surface area contributed by atoms with Crippen molar-refractivity contribution in [3.8, 4) is 0 Å². The van der Waals surface area contributed by atoms with Crippen molar-refractivity contribution in [2.45, 2.75) is 13.3 Å². The van der Waals surface area contributed by atoms with E-state index in [0.29, 0.717) is 6.61 Å². The largest absolute Gasteiger partial charge is 0.458 e. The first kappa shape index (κ1) is 11.2. The SMILES string of the molecule is CCCO.FC(F)=C1OCCO1. The van der Waals surface area contributed by atoms with Gasteiger partial charge in [0.25, 0.3) is 0 Å². The van der Waals surface area contributed by atoms with Crippen LogP contribution in [0.3, 0.4) is 0 Å². The smallest absolute Gasteiger partial charge is 0.350 e. The number of hydrogen-bond donors (Lipinski definition) is 1. The van der Waals surface area contributed by atoms with Gasteiger partial charge in [0.2, 0.25) is 0 Å². The summed E-state index contributed by atoms with van der Waals surface area (Å²) >= 11 is 0. The first-order valence-corrected chi connectivity index (χ1v) is 3.64. The van der Waals surface area contributed by atoms with Gasteiger partial charge in [-0.2, -0.15) is 8.78 Å². The van der Waals surface area contributed by atoms with Gasteiger partial charge in [-0.05, 0) is 6.42 Å². The third-order valence-electron chi connectivity index (χ3n) is 0.928. The van der Waals surface area contributed by atoms with Crippen LogP contribution in [0.2, 0.25) is 0 Å². The molecule has 0 atom stereocenters. The number of aliphatic hydroxyl groups excluding tert-OH is 1. The van der Waals surface area contributed by atoms with Gasteiger partial charge in [0, 0.05) is 6.61 Å². The quantitative estimate of drug-likeness (QED) is 0.667. The van der Waals surface area contributed by atoms with E-state index < -0.39 is 12.0 Å². The molecule has 3 nitrogen and oxygen atoms in total. The number of halogens is 2. The highest BCUT2D eigenvalue weighted by molar-refractivity contribution is 4.85. The number of aliphatic hydroxyl groups is 1. The monoisotopic (exact) mass is 182 g/mol. The third-order valence-corrected chi connectivity index (χ3v) is 0.928. The summed E-state index contributed by atoms with van der Waals surface area (Å²) < 4.78 is 31.4. The molecule has 0 unspecified atom stereocenters. The molecule has 0 aromatic heterocycles. The van der Waals surface area contributed by atoms with Crippen LogP contribution >= 0.6 is 0 Å². The van der Waals surface area contributed by atoms with Crippen molar-refractivity contribution in [1.29, 1.82) is 0 Å². The van der Waals surface area contributed by atoms with Crippen molar-refractivity contribution in [3.63, 3.8) is 0 Å². The Morgan fingerprint density at radius 3 is 2.00 bits per heavy atom. The van der Waals surface area contributed by atoms with Crippen LogP contribution in [0.5, 0.6) is 0 Å². The van der Waals surface area contributed by atoms with Crippen molar-refractivity contribution in [1.82, 2.24) is 0 Å². The Balaban J connectivity index is 0.000000261. The maximum Gasteiger partial charge on any atom is 0.350 e. The normalized spacial score (nSPS) is 14.2. The van der Waals surface area contributed by atoms with Crippen molar-refractivity contribution < 1.29 is 23.4 Å². The molecule has 1 aliphatic heterocycles. The first-order valence-electron chi connectivity index (χ1n) is 3.64. The molecule has 0 amide bonds. The van der Waals surface area contributed by atoms with Crippen LogP contribution in [0, 0.1) is 0 Å². The van der Waals surface area contributed by atoms with Crippen molar-refractivity contribution in [3.05, 3.63) is 12.0 Å². The molecule has 0 aromatic carbocycles. The highest BCUT2D eigenvalue weighted by Gasteiger charge is 2.14. The van der Waals surface area contributed by atoms with Gasteiger partial charge in [-0.3, -0.25) is 0 Å². The third kappa shape index (κ3) is 4.90. The molecule has 1 fully saturated rings. The fourth-order valence-electron chi connectivity index (χ4n) is 0.420. The van der Waals surface area contributed by atoms with E-state index in [-0.39, 0.29) is 13.2 Å². The second-order valence-corrected chi connectivity index (χ2v) is 1.97. The van der Waals surface area contributed by atoms with E-state index in [4.69, 9.17) is 5.11 Å². The number of hydrogen-bond acceptors (Lipinski definition) is 3. The van der Waals surface area contributed by atoms with Crippen LogP contribution in [0.4, 0.5) is 8.78 Å². The maximum absolute atomic E-state index is 11.4. The molecule has 0 saturated carbocycles. The summed E-state index contributed by atoms with van der Waals surface area (Å²) in [5.74, 6) is -0.620. The maximum atomic E-state index is 11.4. The van der Waals surface area contributed by atoms with Crippen molar-refractivity contribution in [2.24, 2.45) is 0 Å². The first-order chi connectivity index (χ1) is 5.72.